The van der Waals surface area contributed by atoms with E-state index in [4.69, 9.17) is 14.3 Å². The minimum absolute atomic E-state index is 0.281. The van der Waals surface area contributed by atoms with E-state index in [2.05, 4.69) is 20.4 Å². The van der Waals surface area contributed by atoms with Crippen LogP contribution in [0.2, 0.25) is 0 Å². The van der Waals surface area contributed by atoms with Gasteiger partial charge in [0.05, 0.1) is 17.4 Å². The number of benzene rings is 2. The monoisotopic (exact) mass is 574 g/mol. The van der Waals surface area contributed by atoms with E-state index in [1.807, 2.05) is 54.8 Å². The number of amides is 2. The van der Waals surface area contributed by atoms with Gasteiger partial charge in [-0.15, -0.1) is 15.6 Å². The molecule has 4 N–H and O–H groups in total. The van der Waals surface area contributed by atoms with E-state index in [9.17, 15) is 13.8 Å². The Morgan fingerprint density at radius 1 is 1.03 bits per heavy atom. The summed E-state index contributed by atoms with van der Waals surface area (Å²) in [5.74, 6) is -0.361. The number of hydrogen-bond donors (Lipinski definition) is 4. The van der Waals surface area contributed by atoms with E-state index >= 15 is 0 Å². The van der Waals surface area contributed by atoms with Crippen LogP contribution in [-0.4, -0.2) is 37.4 Å². The molecule has 0 fully saturated rings. The highest BCUT2D eigenvalue weighted by Gasteiger charge is 2.28. The predicted octanol–water partition coefficient (Wildman–Crippen LogP) is 4.72. The molecule has 1 aromatic heterocycles. The molecular weight excluding hydrogens is 540 g/mol. The lowest BCUT2D eigenvalue weighted by Crippen LogP contribution is -2.50. The molecule has 1 unspecified atom stereocenters. The number of ether oxygens (including phenoxy) is 1. The van der Waals surface area contributed by atoms with Crippen LogP contribution in [0.5, 0.6) is 0 Å². The molecule has 3 aromatic rings. The molecule has 1 heterocycles. The van der Waals surface area contributed by atoms with E-state index in [0.717, 1.165) is 28.2 Å². The topological polar surface area (TPSA) is 139 Å². The number of aromatic nitrogens is 1. The zero-order valence-electron chi connectivity index (χ0n) is 22.3. The van der Waals surface area contributed by atoms with Gasteiger partial charge < -0.3 is 15.4 Å². The van der Waals surface area contributed by atoms with Gasteiger partial charge in [-0.3, -0.25) is 9.35 Å². The number of nitrogens with one attached hydrogen (secondary N) is 3. The molecule has 210 valence electrons. The highest BCUT2D eigenvalue weighted by molar-refractivity contribution is 7.74. The Kier molecular flexibility index (Phi) is 11.0. The number of alkyl carbamates (subject to hydrolysis) is 1. The van der Waals surface area contributed by atoms with Gasteiger partial charge in [-0.1, -0.05) is 49.4 Å². The van der Waals surface area contributed by atoms with Crippen LogP contribution in [0.1, 0.15) is 55.6 Å². The molecule has 3 rings (SSSR count). The van der Waals surface area contributed by atoms with Crippen LogP contribution in [0.15, 0.2) is 60.0 Å². The quantitative estimate of drug-likeness (QED) is 0.180. The maximum absolute atomic E-state index is 13.6. The summed E-state index contributed by atoms with van der Waals surface area (Å²) in [7, 11) is 0. The van der Waals surface area contributed by atoms with Crippen LogP contribution < -0.4 is 16.1 Å². The molecule has 0 saturated carbocycles. The second-order valence-corrected chi connectivity index (χ2v) is 11.3. The fraction of sp³-hybridized carbons (Fsp3) is 0.370. The summed E-state index contributed by atoms with van der Waals surface area (Å²) in [5.41, 5.74) is 4.88. The number of anilines is 1. The molecule has 2 aromatic carbocycles. The second kappa shape index (κ2) is 14.2. The number of thiazole rings is 1. The van der Waals surface area contributed by atoms with E-state index in [1.165, 1.54) is 11.3 Å². The average molecular weight is 575 g/mol. The zero-order valence-corrected chi connectivity index (χ0v) is 23.9. The first-order valence-corrected chi connectivity index (χ1v) is 14.3. The molecule has 2 amide bonds. The molecule has 10 nitrogen and oxygen atoms in total. The third-order valence-electron chi connectivity index (χ3n) is 5.46. The smallest absolute Gasteiger partial charge is 0.408 e. The lowest BCUT2D eigenvalue weighted by atomic mass is 10.0. The van der Waals surface area contributed by atoms with Crippen molar-refractivity contribution in [3.63, 3.8) is 0 Å². The highest BCUT2D eigenvalue weighted by atomic mass is 32.2. The van der Waals surface area contributed by atoms with Crippen molar-refractivity contribution in [2.24, 2.45) is 0 Å². The average Bonchev–Trinajstić information content (AvgIpc) is 3.36. The Labute approximate surface area is 235 Å². The van der Waals surface area contributed by atoms with E-state index in [0.29, 0.717) is 12.1 Å². The zero-order chi connectivity index (χ0) is 28.4. The number of nitrogens with zero attached hydrogens (tertiary/aromatic N) is 1. The third kappa shape index (κ3) is 10.4. The van der Waals surface area contributed by atoms with Crippen molar-refractivity contribution in [2.75, 3.05) is 5.48 Å². The summed E-state index contributed by atoms with van der Waals surface area (Å²) in [6, 6.07) is 15.1. The van der Waals surface area contributed by atoms with Crippen molar-refractivity contribution in [2.45, 2.75) is 64.6 Å². The SMILES string of the molecule is CCc1csc([C@H](Cc2ccc(NOS(=O)O)cc2)NC(=O)[C@@H](Cc2ccccc2)NC(=O)OC(C)(C)C)n1. The van der Waals surface area contributed by atoms with Crippen LogP contribution in [-0.2, 0) is 44.4 Å². The number of rotatable bonds is 12. The molecule has 0 aliphatic rings. The molecule has 0 bridgehead atoms. The maximum Gasteiger partial charge on any atom is 0.408 e. The van der Waals surface area contributed by atoms with Crippen molar-refractivity contribution >= 4 is 40.4 Å². The molecular formula is C27H34N4O6S2. The number of aryl methyl sites for hydroxylation is 1. The molecule has 12 heteroatoms. The lowest BCUT2D eigenvalue weighted by Gasteiger charge is -2.25. The first kappa shape index (κ1) is 30.2. The normalized spacial score (nSPS) is 13.7. The van der Waals surface area contributed by atoms with Gasteiger partial charge in [-0.2, -0.15) is 4.21 Å². The van der Waals surface area contributed by atoms with E-state index in [-0.39, 0.29) is 12.3 Å². The minimum Gasteiger partial charge on any atom is -0.444 e. The summed E-state index contributed by atoms with van der Waals surface area (Å²) in [6.07, 6.45) is 0.802. The molecule has 0 radical (unpaired) electrons. The maximum atomic E-state index is 13.6. The van der Waals surface area contributed by atoms with Gasteiger partial charge in [0.2, 0.25) is 5.91 Å². The Hall–Kier alpha value is -3.32. The molecule has 39 heavy (non-hydrogen) atoms. The van der Waals surface area contributed by atoms with Crippen LogP contribution in [0.4, 0.5) is 10.5 Å². The molecule has 0 aliphatic carbocycles. The van der Waals surface area contributed by atoms with Gasteiger partial charge in [0.25, 0.3) is 0 Å². The Balaban J connectivity index is 1.81. The number of carbonyl (C=O) groups is 2. The van der Waals surface area contributed by atoms with Crippen LogP contribution in [0, 0.1) is 0 Å². The molecule has 0 spiro atoms. The number of carbonyl (C=O) groups excluding carboxylic acids is 2. The summed E-state index contributed by atoms with van der Waals surface area (Å²) in [4.78, 5) is 30.9. The lowest BCUT2D eigenvalue weighted by molar-refractivity contribution is -0.124. The molecule has 0 aliphatic heterocycles. The molecule has 3 atom stereocenters. The van der Waals surface area contributed by atoms with E-state index in [1.54, 1.807) is 32.9 Å². The van der Waals surface area contributed by atoms with Gasteiger partial charge in [-0.05, 0) is 56.9 Å². The van der Waals surface area contributed by atoms with Crippen LogP contribution in [0.3, 0.4) is 0 Å². The Morgan fingerprint density at radius 2 is 1.69 bits per heavy atom. The van der Waals surface area contributed by atoms with Gasteiger partial charge in [-0.25, -0.2) is 15.3 Å². The second-order valence-electron chi connectivity index (χ2n) is 9.78. The summed E-state index contributed by atoms with van der Waals surface area (Å²) in [6.45, 7) is 7.30. The summed E-state index contributed by atoms with van der Waals surface area (Å²) < 4.78 is 29.4. The van der Waals surface area contributed by atoms with Crippen molar-refractivity contribution in [1.29, 1.82) is 0 Å². The fourth-order valence-electron chi connectivity index (χ4n) is 3.65. The first-order valence-electron chi connectivity index (χ1n) is 12.4. The van der Waals surface area contributed by atoms with Crippen LogP contribution >= 0.6 is 11.3 Å². The molecule has 0 saturated heterocycles. The Morgan fingerprint density at radius 3 is 2.28 bits per heavy atom. The fourth-order valence-corrected chi connectivity index (χ4v) is 4.77. The van der Waals surface area contributed by atoms with Crippen molar-refractivity contribution in [3.8, 4) is 0 Å². The minimum atomic E-state index is -2.45. The first-order chi connectivity index (χ1) is 18.5. The summed E-state index contributed by atoms with van der Waals surface area (Å²) in [5, 5.41) is 8.53. The van der Waals surface area contributed by atoms with Gasteiger partial charge in [0, 0.05) is 11.8 Å². The van der Waals surface area contributed by atoms with E-state index < -0.39 is 35.1 Å². The predicted molar refractivity (Wildman–Crippen MR) is 151 cm³/mol. The third-order valence-corrected chi connectivity index (χ3v) is 6.69. The van der Waals surface area contributed by atoms with Gasteiger partial charge in [0.1, 0.15) is 16.7 Å². The van der Waals surface area contributed by atoms with Gasteiger partial charge in [0.15, 0.2) is 0 Å². The standard InChI is InChI=1S/C27H34N4O6S2/c1-5-20-17-38-25(28-20)23(16-19-11-13-21(14-12-19)31-37-39(34)35)29-24(32)22(15-18-9-7-6-8-10-18)30-26(33)36-27(2,3)4/h6-14,17,22-23,31H,5,15-16H2,1-4H3,(H,29,32)(H,30,33)(H,34,35)/t22-,23+/m1/s1. The van der Waals surface area contributed by atoms with Crippen LogP contribution in [0.25, 0.3) is 0 Å². The van der Waals surface area contributed by atoms with Crippen molar-refractivity contribution in [3.05, 3.63) is 81.8 Å². The largest absolute Gasteiger partial charge is 0.444 e. The van der Waals surface area contributed by atoms with Crippen molar-refractivity contribution in [1.82, 2.24) is 15.6 Å². The summed E-state index contributed by atoms with van der Waals surface area (Å²) >= 11 is -0.982. The van der Waals surface area contributed by atoms with Gasteiger partial charge >= 0.3 is 17.5 Å². The van der Waals surface area contributed by atoms with Crippen molar-refractivity contribution < 1.29 is 27.4 Å². The number of hydrogen-bond acceptors (Lipinski definition) is 8. The highest BCUT2D eigenvalue weighted by Crippen LogP contribution is 2.24. The Bertz CT molecular complexity index is 1250.